The third-order valence-electron chi connectivity index (χ3n) is 1.12. The van der Waals surface area contributed by atoms with Crippen LogP contribution in [0.25, 0.3) is 0 Å². The molecular weight excluding hydrogens is 151 g/mol. The lowest BCUT2D eigenvalue weighted by atomic mass is 10.7. The van der Waals surface area contributed by atoms with Crippen LogP contribution in [0.3, 0.4) is 0 Å². The molecule has 0 unspecified atom stereocenters. The van der Waals surface area contributed by atoms with E-state index in [4.69, 9.17) is 0 Å². The number of aromatic nitrogens is 2. The summed E-state index contributed by atoms with van der Waals surface area (Å²) < 4.78 is 14.2. The largest absolute Gasteiger partial charge is 0.259 e. The Labute approximate surface area is 63.4 Å². The highest BCUT2D eigenvalue weighted by Crippen LogP contribution is 2.19. The van der Waals surface area contributed by atoms with Crippen LogP contribution < -0.4 is 0 Å². The van der Waals surface area contributed by atoms with Gasteiger partial charge in [0.05, 0.1) is 6.20 Å². The van der Waals surface area contributed by atoms with E-state index in [1.807, 2.05) is 6.92 Å². The van der Waals surface area contributed by atoms with Crippen molar-refractivity contribution in [1.29, 1.82) is 0 Å². The molecule has 1 rings (SSSR count). The van der Waals surface area contributed by atoms with Gasteiger partial charge in [-0.3, -0.25) is 4.68 Å². The zero-order valence-corrected chi connectivity index (χ0v) is 6.78. The first kappa shape index (κ1) is 7.60. The van der Waals surface area contributed by atoms with E-state index in [2.05, 4.69) is 5.10 Å². The fraction of sp³-hybridized carbons (Fsp3) is 0.500. The van der Waals surface area contributed by atoms with Crippen LogP contribution >= 0.6 is 11.8 Å². The zero-order valence-electron chi connectivity index (χ0n) is 5.97. The molecule has 0 aliphatic rings. The number of hydrogen-bond acceptors (Lipinski definition) is 2. The predicted octanol–water partition coefficient (Wildman–Crippen LogP) is 1.67. The number of aryl methyl sites for hydroxylation is 1. The molecule has 0 atom stereocenters. The number of halogens is 1. The normalized spacial score (nSPS) is 10.3. The average molecular weight is 160 g/mol. The Morgan fingerprint density at radius 3 is 2.90 bits per heavy atom. The second-order valence-electron chi connectivity index (χ2n) is 1.85. The molecule has 0 saturated carbocycles. The molecule has 1 aromatic rings. The molecule has 4 heteroatoms. The predicted molar refractivity (Wildman–Crippen MR) is 39.6 cm³/mol. The Morgan fingerprint density at radius 1 is 1.80 bits per heavy atom. The molecule has 0 aliphatic heterocycles. The van der Waals surface area contributed by atoms with Crippen LogP contribution in [0.4, 0.5) is 4.39 Å². The lowest BCUT2D eigenvalue weighted by Crippen LogP contribution is -1.92. The van der Waals surface area contributed by atoms with Gasteiger partial charge in [0.2, 0.25) is 0 Å². The summed E-state index contributed by atoms with van der Waals surface area (Å²) in [5.74, 6) is 0.644. The van der Waals surface area contributed by atoms with Crippen molar-refractivity contribution in [1.82, 2.24) is 9.78 Å². The standard InChI is InChI=1S/C6H9FN2S/c1-3-10-6-5(7)4-8-9(6)2/h4H,3H2,1-2H3. The quantitative estimate of drug-likeness (QED) is 0.612. The Kier molecular flexibility index (Phi) is 2.32. The van der Waals surface area contributed by atoms with Crippen molar-refractivity contribution >= 4 is 11.8 Å². The van der Waals surface area contributed by atoms with Gasteiger partial charge in [0.25, 0.3) is 0 Å². The topological polar surface area (TPSA) is 17.8 Å². The summed E-state index contributed by atoms with van der Waals surface area (Å²) in [4.78, 5) is 0. The summed E-state index contributed by atoms with van der Waals surface area (Å²) >= 11 is 1.46. The van der Waals surface area contributed by atoms with Crippen LogP contribution in [0.1, 0.15) is 6.92 Å². The van der Waals surface area contributed by atoms with Crippen molar-refractivity contribution in [3.8, 4) is 0 Å². The number of hydrogen-bond donors (Lipinski definition) is 0. The average Bonchev–Trinajstić information content (AvgIpc) is 2.20. The van der Waals surface area contributed by atoms with E-state index in [1.165, 1.54) is 18.0 Å². The van der Waals surface area contributed by atoms with Gasteiger partial charge in [-0.25, -0.2) is 4.39 Å². The van der Waals surface area contributed by atoms with Gasteiger partial charge < -0.3 is 0 Å². The van der Waals surface area contributed by atoms with Gasteiger partial charge in [-0.15, -0.1) is 11.8 Å². The molecule has 0 fully saturated rings. The lowest BCUT2D eigenvalue weighted by Gasteiger charge is -1.96. The molecule has 0 aromatic carbocycles. The Bertz CT molecular complexity index is 202. The van der Waals surface area contributed by atoms with E-state index in [9.17, 15) is 4.39 Å². The van der Waals surface area contributed by atoms with Crippen LogP contribution in [-0.2, 0) is 7.05 Å². The minimum atomic E-state index is -0.227. The molecule has 10 heavy (non-hydrogen) atoms. The highest BCUT2D eigenvalue weighted by atomic mass is 32.2. The maximum Gasteiger partial charge on any atom is 0.174 e. The van der Waals surface area contributed by atoms with E-state index in [-0.39, 0.29) is 5.82 Å². The van der Waals surface area contributed by atoms with E-state index < -0.39 is 0 Å². The molecule has 2 nitrogen and oxygen atoms in total. The fourth-order valence-electron chi connectivity index (χ4n) is 0.699. The monoisotopic (exact) mass is 160 g/mol. The van der Waals surface area contributed by atoms with Gasteiger partial charge in [0.1, 0.15) is 5.03 Å². The van der Waals surface area contributed by atoms with Crippen molar-refractivity contribution in [2.45, 2.75) is 11.9 Å². The maximum absolute atomic E-state index is 12.7. The summed E-state index contributed by atoms with van der Waals surface area (Å²) in [7, 11) is 1.74. The molecule has 0 N–H and O–H groups in total. The summed E-state index contributed by atoms with van der Waals surface area (Å²) in [5.41, 5.74) is 0. The van der Waals surface area contributed by atoms with Gasteiger partial charge in [-0.1, -0.05) is 6.92 Å². The van der Waals surface area contributed by atoms with Crippen LogP contribution in [0.15, 0.2) is 11.2 Å². The van der Waals surface area contributed by atoms with Gasteiger partial charge in [0.15, 0.2) is 5.82 Å². The van der Waals surface area contributed by atoms with E-state index >= 15 is 0 Å². The van der Waals surface area contributed by atoms with Crippen molar-refractivity contribution < 1.29 is 4.39 Å². The summed E-state index contributed by atoms with van der Waals surface area (Å²) in [5, 5.41) is 4.37. The zero-order chi connectivity index (χ0) is 7.56. The highest BCUT2D eigenvalue weighted by molar-refractivity contribution is 7.99. The molecule has 0 amide bonds. The van der Waals surface area contributed by atoms with E-state index in [1.54, 1.807) is 11.7 Å². The minimum absolute atomic E-state index is 0.227. The third-order valence-corrected chi connectivity index (χ3v) is 2.14. The van der Waals surface area contributed by atoms with Gasteiger partial charge in [-0.05, 0) is 5.75 Å². The van der Waals surface area contributed by atoms with Gasteiger partial charge in [-0.2, -0.15) is 5.10 Å². The smallest absolute Gasteiger partial charge is 0.174 e. The van der Waals surface area contributed by atoms with Gasteiger partial charge in [0, 0.05) is 7.05 Å². The Hall–Kier alpha value is -0.510. The number of thioether (sulfide) groups is 1. The first-order valence-corrected chi connectivity index (χ1v) is 4.04. The van der Waals surface area contributed by atoms with Gasteiger partial charge >= 0.3 is 0 Å². The van der Waals surface area contributed by atoms with Crippen LogP contribution in [0.5, 0.6) is 0 Å². The minimum Gasteiger partial charge on any atom is -0.259 e. The molecule has 1 aromatic heterocycles. The first-order chi connectivity index (χ1) is 4.75. The third kappa shape index (κ3) is 1.31. The fourth-order valence-corrected chi connectivity index (χ4v) is 1.40. The molecule has 0 saturated heterocycles. The van der Waals surface area contributed by atoms with Crippen LogP contribution in [0.2, 0.25) is 0 Å². The van der Waals surface area contributed by atoms with Crippen LogP contribution in [-0.4, -0.2) is 15.5 Å². The second-order valence-corrected chi connectivity index (χ2v) is 3.11. The molecular formula is C6H9FN2S. The van der Waals surface area contributed by atoms with E-state index in [0.29, 0.717) is 5.03 Å². The molecule has 1 heterocycles. The summed E-state index contributed by atoms with van der Waals surface area (Å²) in [6.07, 6.45) is 1.23. The van der Waals surface area contributed by atoms with Crippen molar-refractivity contribution in [3.63, 3.8) is 0 Å². The Balaban J connectivity index is 2.87. The molecule has 0 radical (unpaired) electrons. The first-order valence-electron chi connectivity index (χ1n) is 3.06. The number of rotatable bonds is 2. The molecule has 0 spiro atoms. The maximum atomic E-state index is 12.7. The Morgan fingerprint density at radius 2 is 2.50 bits per heavy atom. The SMILES string of the molecule is CCSc1c(F)cnn1C. The molecule has 56 valence electrons. The number of nitrogens with zero attached hydrogens (tertiary/aromatic N) is 2. The van der Waals surface area contributed by atoms with E-state index in [0.717, 1.165) is 5.75 Å². The van der Waals surface area contributed by atoms with Crippen molar-refractivity contribution in [3.05, 3.63) is 12.0 Å². The second kappa shape index (κ2) is 3.05. The highest BCUT2D eigenvalue weighted by Gasteiger charge is 2.05. The van der Waals surface area contributed by atoms with Crippen molar-refractivity contribution in [2.75, 3.05) is 5.75 Å². The molecule has 0 aliphatic carbocycles. The lowest BCUT2D eigenvalue weighted by molar-refractivity contribution is 0.580. The summed E-state index contributed by atoms with van der Waals surface area (Å²) in [6.45, 7) is 1.98. The van der Waals surface area contributed by atoms with Crippen molar-refractivity contribution in [2.24, 2.45) is 7.05 Å². The molecule has 0 bridgehead atoms. The van der Waals surface area contributed by atoms with Crippen LogP contribution in [0, 0.1) is 5.82 Å². The summed E-state index contributed by atoms with van der Waals surface area (Å²) in [6, 6.07) is 0.